The molecule has 0 aromatic carbocycles. The lowest BCUT2D eigenvalue weighted by Gasteiger charge is -2.32. The number of amides is 1. The lowest BCUT2D eigenvalue weighted by molar-refractivity contribution is -0.595. The first-order valence-electron chi connectivity index (χ1n) is 8.28. The number of fused-ring (bicyclic) bond motifs is 1. The van der Waals surface area contributed by atoms with Crippen LogP contribution in [0.1, 0.15) is 12.5 Å². The number of nitrogens with zero attached hydrogens (tertiary/aromatic N) is 3. The summed E-state index contributed by atoms with van der Waals surface area (Å²) in [6, 6.07) is 4.59. The van der Waals surface area contributed by atoms with Crippen LogP contribution in [0.3, 0.4) is 0 Å². The topological polar surface area (TPSA) is 69.4 Å². The van der Waals surface area contributed by atoms with Crippen LogP contribution in [0.15, 0.2) is 35.5 Å². The fraction of sp³-hybridized carbons (Fsp3) is 0.353. The lowest BCUT2D eigenvalue weighted by Crippen LogP contribution is -2.50. The van der Waals surface area contributed by atoms with E-state index < -0.39 is 24.7 Å². The molecule has 2 aromatic heterocycles. The third-order valence-corrected chi connectivity index (χ3v) is 4.99. The molecule has 12 heteroatoms. The van der Waals surface area contributed by atoms with Crippen LogP contribution < -0.4 is 9.63 Å². The molecule has 3 heterocycles. The first-order valence-corrected chi connectivity index (χ1v) is 9.27. The van der Waals surface area contributed by atoms with E-state index in [1.54, 1.807) is 12.1 Å². The van der Waals surface area contributed by atoms with E-state index in [0.717, 1.165) is 6.20 Å². The average Bonchev–Trinajstić information content (AvgIpc) is 2.63. The van der Waals surface area contributed by atoms with Gasteiger partial charge in [0.2, 0.25) is 0 Å². The minimum absolute atomic E-state index is 0.156. The van der Waals surface area contributed by atoms with Gasteiger partial charge >= 0.3 is 18.2 Å². The number of hydrogen-bond acceptors (Lipinski definition) is 5. The van der Waals surface area contributed by atoms with Gasteiger partial charge in [-0.1, -0.05) is 6.92 Å². The van der Waals surface area contributed by atoms with Crippen LogP contribution in [0.25, 0.3) is 11.4 Å². The van der Waals surface area contributed by atoms with E-state index in [0.29, 0.717) is 15.4 Å². The number of aromatic nitrogens is 2. The van der Waals surface area contributed by atoms with Crippen molar-refractivity contribution in [3.05, 3.63) is 41.4 Å². The molecule has 29 heavy (non-hydrogen) atoms. The maximum atomic E-state index is 13.5. The minimum atomic E-state index is -5.83. The van der Waals surface area contributed by atoms with E-state index in [4.69, 9.17) is 4.74 Å². The first kappa shape index (κ1) is 21.1. The molecule has 0 unspecified atom stereocenters. The summed E-state index contributed by atoms with van der Waals surface area (Å²) in [4.78, 5) is 16.7. The molecule has 0 N–H and O–H groups in total. The molecule has 1 aliphatic heterocycles. The van der Waals surface area contributed by atoms with Crippen molar-refractivity contribution in [1.29, 1.82) is 0 Å². The van der Waals surface area contributed by atoms with Gasteiger partial charge in [0.15, 0.2) is 6.20 Å². The molecular weight excluding hydrogens is 421 g/mol. The Bertz CT molecular complexity index is 939. The standard InChI is InChI=1S/C17H14F5N3O3S/c1-2-29-13-4-3-5-25(27)14(13)11-6-10-8-28-15(26)24(12(10)7-23-11)9-16(18,19)17(20,21)22/h3-7H,2,8-9H2,1H3. The van der Waals surface area contributed by atoms with Crippen LogP contribution in [-0.2, 0) is 11.3 Å². The van der Waals surface area contributed by atoms with Gasteiger partial charge in [-0.05, 0) is 17.9 Å². The highest BCUT2D eigenvalue weighted by molar-refractivity contribution is 7.99. The van der Waals surface area contributed by atoms with Crippen LogP contribution in [0, 0.1) is 5.21 Å². The molecule has 2 aromatic rings. The van der Waals surface area contributed by atoms with Crippen molar-refractivity contribution in [2.24, 2.45) is 0 Å². The Morgan fingerprint density at radius 3 is 2.72 bits per heavy atom. The van der Waals surface area contributed by atoms with E-state index in [9.17, 15) is 32.0 Å². The maximum absolute atomic E-state index is 13.5. The van der Waals surface area contributed by atoms with Crippen LogP contribution in [0.2, 0.25) is 0 Å². The number of halogens is 5. The zero-order valence-corrected chi connectivity index (χ0v) is 15.7. The maximum Gasteiger partial charge on any atom is 0.455 e. The van der Waals surface area contributed by atoms with E-state index in [1.165, 1.54) is 24.0 Å². The summed E-state index contributed by atoms with van der Waals surface area (Å²) in [5.74, 6) is -4.47. The number of thioether (sulfide) groups is 1. The second-order valence-electron chi connectivity index (χ2n) is 6.02. The van der Waals surface area contributed by atoms with Crippen LogP contribution >= 0.6 is 11.8 Å². The van der Waals surface area contributed by atoms with Gasteiger partial charge in [0.1, 0.15) is 18.8 Å². The fourth-order valence-electron chi connectivity index (χ4n) is 2.71. The second kappa shape index (κ2) is 7.65. The summed E-state index contributed by atoms with van der Waals surface area (Å²) in [7, 11) is 0. The Morgan fingerprint density at radius 1 is 1.34 bits per heavy atom. The number of cyclic esters (lactones) is 1. The Kier molecular flexibility index (Phi) is 5.57. The number of carbonyl (C=O) groups excluding carboxylic acids is 1. The van der Waals surface area contributed by atoms with Gasteiger partial charge in [-0.3, -0.25) is 4.90 Å². The lowest BCUT2D eigenvalue weighted by atomic mass is 10.1. The zero-order chi connectivity index (χ0) is 21.4. The number of anilines is 1. The number of rotatable bonds is 5. The van der Waals surface area contributed by atoms with Crippen molar-refractivity contribution in [1.82, 2.24) is 4.98 Å². The molecule has 0 saturated carbocycles. The molecule has 0 fully saturated rings. The highest BCUT2D eigenvalue weighted by Gasteiger charge is 2.59. The van der Waals surface area contributed by atoms with Gasteiger partial charge in [-0.25, -0.2) is 9.78 Å². The predicted octanol–water partition coefficient (Wildman–Crippen LogP) is 4.15. The Balaban J connectivity index is 2.02. The van der Waals surface area contributed by atoms with Gasteiger partial charge < -0.3 is 9.94 Å². The van der Waals surface area contributed by atoms with Crippen LogP contribution in [-0.4, -0.2) is 35.5 Å². The van der Waals surface area contributed by atoms with Gasteiger partial charge in [-0.15, -0.1) is 11.8 Å². The molecule has 0 aliphatic carbocycles. The van der Waals surface area contributed by atoms with Crippen molar-refractivity contribution in [2.75, 3.05) is 17.2 Å². The molecule has 0 bridgehead atoms. The van der Waals surface area contributed by atoms with Gasteiger partial charge in [0.25, 0.3) is 5.69 Å². The van der Waals surface area contributed by atoms with Crippen molar-refractivity contribution >= 4 is 23.5 Å². The fourth-order valence-corrected chi connectivity index (χ4v) is 3.53. The van der Waals surface area contributed by atoms with Gasteiger partial charge in [0, 0.05) is 11.6 Å². The molecular formula is C17H14F5N3O3S. The largest absolute Gasteiger partial charge is 0.618 e. The molecule has 6 nitrogen and oxygen atoms in total. The van der Waals surface area contributed by atoms with Crippen LogP contribution in [0.4, 0.5) is 32.4 Å². The molecule has 0 atom stereocenters. The van der Waals surface area contributed by atoms with Crippen molar-refractivity contribution < 1.29 is 36.2 Å². The predicted molar refractivity (Wildman–Crippen MR) is 93.6 cm³/mol. The van der Waals surface area contributed by atoms with Crippen molar-refractivity contribution in [2.45, 2.75) is 30.5 Å². The Hall–Kier alpha value is -2.63. The van der Waals surface area contributed by atoms with Crippen LogP contribution in [0.5, 0.6) is 0 Å². The minimum Gasteiger partial charge on any atom is -0.618 e. The summed E-state index contributed by atoms with van der Waals surface area (Å²) in [6.07, 6.45) is -4.92. The van der Waals surface area contributed by atoms with E-state index >= 15 is 0 Å². The number of pyridine rings is 2. The monoisotopic (exact) mass is 435 g/mol. The highest BCUT2D eigenvalue weighted by Crippen LogP contribution is 2.39. The Morgan fingerprint density at radius 2 is 2.07 bits per heavy atom. The second-order valence-corrected chi connectivity index (χ2v) is 7.33. The van der Waals surface area contributed by atoms with Gasteiger partial charge in [-0.2, -0.15) is 26.7 Å². The molecule has 1 amide bonds. The molecule has 0 saturated heterocycles. The third kappa shape index (κ3) is 4.07. The smallest absolute Gasteiger partial charge is 0.455 e. The quantitative estimate of drug-likeness (QED) is 0.306. The average molecular weight is 435 g/mol. The SMILES string of the molecule is CCSc1ccc[n+]([O-])c1-c1cc2c(cn1)N(CC(F)(F)C(F)(F)F)C(=O)OC2. The number of carbonyl (C=O) groups is 1. The Labute approximate surface area is 165 Å². The molecule has 3 rings (SSSR count). The summed E-state index contributed by atoms with van der Waals surface area (Å²) in [5, 5.41) is 12.2. The first-order chi connectivity index (χ1) is 13.5. The summed E-state index contributed by atoms with van der Waals surface area (Å²) < 4.78 is 69.9. The molecule has 156 valence electrons. The van der Waals surface area contributed by atoms with Crippen molar-refractivity contribution in [3.63, 3.8) is 0 Å². The summed E-state index contributed by atoms with van der Waals surface area (Å²) in [5.41, 5.74) is 0.304. The number of alkyl halides is 5. The molecule has 0 spiro atoms. The third-order valence-electron chi connectivity index (χ3n) is 4.06. The van der Waals surface area contributed by atoms with E-state index in [2.05, 4.69) is 4.98 Å². The summed E-state index contributed by atoms with van der Waals surface area (Å²) >= 11 is 1.38. The number of ether oxygens (including phenoxy) is 1. The van der Waals surface area contributed by atoms with E-state index in [1.807, 2.05) is 6.92 Å². The van der Waals surface area contributed by atoms with Gasteiger partial charge in [0.05, 0.1) is 16.8 Å². The molecule has 1 aliphatic rings. The molecule has 0 radical (unpaired) electrons. The normalized spacial score (nSPS) is 14.6. The van der Waals surface area contributed by atoms with E-state index in [-0.39, 0.29) is 34.1 Å². The number of hydrogen-bond donors (Lipinski definition) is 0. The van der Waals surface area contributed by atoms with Crippen molar-refractivity contribution in [3.8, 4) is 11.4 Å². The zero-order valence-electron chi connectivity index (χ0n) is 14.9. The summed E-state index contributed by atoms with van der Waals surface area (Å²) in [6.45, 7) is -0.401. The highest BCUT2D eigenvalue weighted by atomic mass is 32.2.